The minimum absolute atomic E-state index is 0.333. The zero-order valence-corrected chi connectivity index (χ0v) is 25.2. The van der Waals surface area contributed by atoms with Crippen molar-refractivity contribution in [1.29, 1.82) is 0 Å². The molecule has 0 aliphatic carbocycles. The topological polar surface area (TPSA) is 142 Å². The Morgan fingerprint density at radius 3 is 1.95 bits per heavy atom. The number of benzene rings is 1. The van der Waals surface area contributed by atoms with E-state index in [1.54, 1.807) is 12.1 Å². The molecule has 226 valence electrons. The number of carbonyl (C=O) groups is 4. The maximum Gasteiger partial charge on any atom is 0.495 e. The molecule has 0 unspecified atom stereocenters. The molecule has 5 atom stereocenters. The van der Waals surface area contributed by atoms with Crippen LogP contribution >= 0.6 is 0 Å². The van der Waals surface area contributed by atoms with E-state index in [2.05, 4.69) is 0 Å². The summed E-state index contributed by atoms with van der Waals surface area (Å²) < 4.78 is 46.8. The third kappa shape index (κ3) is 7.02. The first kappa shape index (κ1) is 32.4. The van der Waals surface area contributed by atoms with E-state index >= 15 is 0 Å². The molecule has 2 heterocycles. The van der Waals surface area contributed by atoms with Crippen LogP contribution in [0.4, 0.5) is 0 Å². The standard InChI is InChI=1S/C28H39BO12/c1-15-20(29-40-26(6,7)27(8,9)41-29)12-11-13-21(15)37-25-28(10,39-19(5)33)24(36-18(4)32)23(35-17(3)31)22(38-25)14-34-16(2)30/h11-13,22-25H,14H2,1-10H3/t22-,23-,24+,25+,28+/m1/s1. The quantitative estimate of drug-likeness (QED) is 0.253. The van der Waals surface area contributed by atoms with Gasteiger partial charge in [0.2, 0.25) is 11.9 Å². The lowest BCUT2D eigenvalue weighted by molar-refractivity contribution is -0.321. The van der Waals surface area contributed by atoms with Gasteiger partial charge in [0.15, 0.2) is 12.2 Å². The molecule has 3 rings (SSSR count). The predicted molar refractivity (Wildman–Crippen MR) is 144 cm³/mol. The Morgan fingerprint density at radius 1 is 0.854 bits per heavy atom. The van der Waals surface area contributed by atoms with Crippen molar-refractivity contribution in [2.45, 2.75) is 111 Å². The lowest BCUT2D eigenvalue weighted by Crippen LogP contribution is -2.70. The molecule has 12 nitrogen and oxygen atoms in total. The van der Waals surface area contributed by atoms with Gasteiger partial charge < -0.3 is 37.7 Å². The van der Waals surface area contributed by atoms with Crippen LogP contribution in [0, 0.1) is 6.92 Å². The average molecular weight is 578 g/mol. The van der Waals surface area contributed by atoms with E-state index in [-0.39, 0.29) is 6.61 Å². The van der Waals surface area contributed by atoms with Crippen molar-refractivity contribution in [3.05, 3.63) is 23.8 Å². The van der Waals surface area contributed by atoms with E-state index < -0.39 is 72.4 Å². The molecule has 41 heavy (non-hydrogen) atoms. The van der Waals surface area contributed by atoms with Crippen molar-refractivity contribution >= 4 is 36.5 Å². The maximum absolute atomic E-state index is 12.3. The van der Waals surface area contributed by atoms with Crippen molar-refractivity contribution < 1.29 is 56.9 Å². The Labute approximate surface area is 240 Å². The van der Waals surface area contributed by atoms with Gasteiger partial charge in [0.05, 0.1) is 11.2 Å². The highest BCUT2D eigenvalue weighted by Gasteiger charge is 2.61. The molecule has 0 spiro atoms. The third-order valence-corrected chi connectivity index (χ3v) is 7.47. The molecule has 0 amide bonds. The first-order valence-corrected chi connectivity index (χ1v) is 13.3. The zero-order chi connectivity index (χ0) is 30.9. The SMILES string of the molecule is CC(=O)OC[C@H]1O[C@H](Oc2cccc(B3OC(C)(C)C(C)(C)O3)c2C)[C@@](C)(OC(C)=O)[C@@H](OC(C)=O)[C@@H]1OC(C)=O. The highest BCUT2D eigenvalue weighted by atomic mass is 16.7. The van der Waals surface area contributed by atoms with Gasteiger partial charge in [-0.2, -0.15) is 0 Å². The van der Waals surface area contributed by atoms with Crippen molar-refractivity contribution in [2.24, 2.45) is 0 Å². The van der Waals surface area contributed by atoms with E-state index in [9.17, 15) is 19.2 Å². The van der Waals surface area contributed by atoms with Crippen LogP contribution < -0.4 is 10.2 Å². The van der Waals surface area contributed by atoms with Gasteiger partial charge in [-0.3, -0.25) is 19.2 Å². The minimum Gasteiger partial charge on any atom is -0.463 e. The molecule has 13 heteroatoms. The lowest BCUT2D eigenvalue weighted by Gasteiger charge is -2.49. The summed E-state index contributed by atoms with van der Waals surface area (Å²) in [5.41, 5.74) is -1.60. The fourth-order valence-corrected chi connectivity index (χ4v) is 4.71. The van der Waals surface area contributed by atoms with E-state index in [4.69, 9.17) is 37.7 Å². The summed E-state index contributed by atoms with van der Waals surface area (Å²) >= 11 is 0. The summed E-state index contributed by atoms with van der Waals surface area (Å²) in [7, 11) is -0.686. The number of hydrogen-bond donors (Lipinski definition) is 0. The number of ether oxygens (including phenoxy) is 6. The van der Waals surface area contributed by atoms with Gasteiger partial charge in [0.1, 0.15) is 18.5 Å². The highest BCUT2D eigenvalue weighted by molar-refractivity contribution is 6.62. The van der Waals surface area contributed by atoms with Gasteiger partial charge in [-0.05, 0) is 58.6 Å². The minimum atomic E-state index is -1.81. The Balaban J connectivity index is 2.06. The predicted octanol–water partition coefficient (Wildman–Crippen LogP) is 2.15. The molecule has 2 fully saturated rings. The monoisotopic (exact) mass is 578 g/mol. The number of hydrogen-bond acceptors (Lipinski definition) is 12. The first-order valence-electron chi connectivity index (χ1n) is 13.3. The van der Waals surface area contributed by atoms with Crippen LogP contribution in [0.5, 0.6) is 5.75 Å². The van der Waals surface area contributed by atoms with E-state index in [1.165, 1.54) is 20.8 Å². The number of carbonyl (C=O) groups excluding carboxylic acids is 4. The van der Waals surface area contributed by atoms with Crippen LogP contribution in [0.2, 0.25) is 0 Å². The summed E-state index contributed by atoms with van der Waals surface area (Å²) in [5.74, 6) is -2.48. The Hall–Kier alpha value is -3.16. The number of esters is 4. The normalized spacial score (nSPS) is 28.4. The smallest absolute Gasteiger partial charge is 0.463 e. The molecule has 0 N–H and O–H groups in total. The molecular formula is C28H39BO12. The van der Waals surface area contributed by atoms with E-state index in [0.717, 1.165) is 13.8 Å². The second kappa shape index (κ2) is 12.0. The molecular weight excluding hydrogens is 539 g/mol. The molecule has 1 aromatic rings. The van der Waals surface area contributed by atoms with Gasteiger partial charge in [-0.25, -0.2) is 0 Å². The average Bonchev–Trinajstić information content (AvgIpc) is 3.04. The second-order valence-electron chi connectivity index (χ2n) is 11.4. The van der Waals surface area contributed by atoms with Crippen molar-refractivity contribution in [1.82, 2.24) is 0 Å². The molecule has 1 aromatic carbocycles. The summed E-state index contributed by atoms with van der Waals surface area (Å²) in [6, 6.07) is 5.27. The summed E-state index contributed by atoms with van der Waals surface area (Å²) in [6.07, 6.45) is -5.25. The Morgan fingerprint density at radius 2 is 1.44 bits per heavy atom. The van der Waals surface area contributed by atoms with Crippen LogP contribution in [0.15, 0.2) is 18.2 Å². The van der Waals surface area contributed by atoms with Crippen molar-refractivity contribution in [3.63, 3.8) is 0 Å². The summed E-state index contributed by atoms with van der Waals surface area (Å²) in [6.45, 7) is 15.4. The van der Waals surface area contributed by atoms with Gasteiger partial charge in [0.25, 0.3) is 0 Å². The van der Waals surface area contributed by atoms with Crippen LogP contribution in [0.1, 0.15) is 67.9 Å². The van der Waals surface area contributed by atoms with Crippen molar-refractivity contribution in [2.75, 3.05) is 6.61 Å². The molecule has 2 aliphatic rings. The molecule has 2 saturated heterocycles. The molecule has 0 bridgehead atoms. The van der Waals surface area contributed by atoms with E-state index in [0.29, 0.717) is 16.8 Å². The van der Waals surface area contributed by atoms with Gasteiger partial charge in [-0.15, -0.1) is 0 Å². The molecule has 0 saturated carbocycles. The van der Waals surface area contributed by atoms with Gasteiger partial charge in [-0.1, -0.05) is 12.1 Å². The lowest BCUT2D eigenvalue weighted by atomic mass is 9.76. The fourth-order valence-electron chi connectivity index (χ4n) is 4.71. The Kier molecular flexibility index (Phi) is 9.46. The van der Waals surface area contributed by atoms with Crippen molar-refractivity contribution in [3.8, 4) is 5.75 Å². The summed E-state index contributed by atoms with van der Waals surface area (Å²) in [5, 5.41) is 0. The maximum atomic E-state index is 12.3. The molecule has 0 radical (unpaired) electrons. The van der Waals surface area contributed by atoms with Crippen LogP contribution in [0.3, 0.4) is 0 Å². The van der Waals surface area contributed by atoms with Gasteiger partial charge in [0, 0.05) is 27.7 Å². The third-order valence-electron chi connectivity index (χ3n) is 7.47. The van der Waals surface area contributed by atoms with Gasteiger partial charge >= 0.3 is 31.0 Å². The van der Waals surface area contributed by atoms with E-state index in [1.807, 2.05) is 40.7 Å². The molecule has 0 aromatic heterocycles. The molecule has 2 aliphatic heterocycles. The Bertz CT molecular complexity index is 1160. The second-order valence-corrected chi connectivity index (χ2v) is 11.4. The fraction of sp³-hybridized carbons (Fsp3) is 0.643. The zero-order valence-electron chi connectivity index (χ0n) is 25.2. The number of rotatable bonds is 8. The van der Waals surface area contributed by atoms with Crippen LogP contribution in [-0.2, 0) is 52.2 Å². The van der Waals surface area contributed by atoms with Crippen LogP contribution in [0.25, 0.3) is 0 Å². The van der Waals surface area contributed by atoms with Crippen LogP contribution in [-0.4, -0.2) is 79.0 Å². The highest BCUT2D eigenvalue weighted by Crippen LogP contribution is 2.40. The summed E-state index contributed by atoms with van der Waals surface area (Å²) in [4.78, 5) is 48.2. The first-order chi connectivity index (χ1) is 18.9. The largest absolute Gasteiger partial charge is 0.495 e.